The second-order valence-corrected chi connectivity index (χ2v) is 5.29. The van der Waals surface area contributed by atoms with Crippen LogP contribution in [-0.4, -0.2) is 25.5 Å². The second-order valence-electron chi connectivity index (χ2n) is 4.03. The zero-order valence-electron chi connectivity index (χ0n) is 9.65. The number of benzene rings is 1. The first-order valence-corrected chi connectivity index (χ1v) is 6.53. The highest BCUT2D eigenvalue weighted by atomic mass is 79.9. The third kappa shape index (κ3) is 2.52. The molecule has 1 aliphatic heterocycles. The molecule has 0 saturated carbocycles. The second kappa shape index (κ2) is 5.28. The zero-order chi connectivity index (χ0) is 13.3. The fourth-order valence-electron chi connectivity index (χ4n) is 1.93. The lowest BCUT2D eigenvalue weighted by Gasteiger charge is -2.16. The highest BCUT2D eigenvalue weighted by Gasteiger charge is 2.35. The largest absolute Gasteiger partial charge is 0.469 e. The predicted octanol–water partition coefficient (Wildman–Crippen LogP) is 2.63. The van der Waals surface area contributed by atoms with E-state index >= 15 is 0 Å². The first kappa shape index (κ1) is 13.4. The minimum Gasteiger partial charge on any atom is -0.469 e. The van der Waals surface area contributed by atoms with Crippen LogP contribution in [-0.2, 0) is 14.3 Å². The van der Waals surface area contributed by atoms with Gasteiger partial charge >= 0.3 is 5.97 Å². The summed E-state index contributed by atoms with van der Waals surface area (Å²) in [4.78, 5) is 24.9. The Morgan fingerprint density at radius 2 is 2.28 bits per heavy atom. The molecule has 1 aliphatic rings. The molecule has 1 atom stereocenters. The van der Waals surface area contributed by atoms with Gasteiger partial charge in [0, 0.05) is 23.1 Å². The van der Waals surface area contributed by atoms with Gasteiger partial charge in [-0.1, -0.05) is 11.6 Å². The lowest BCUT2D eigenvalue weighted by molar-refractivity contribution is -0.145. The average molecular weight is 333 g/mol. The number of carbonyl (C=O) groups is 2. The maximum atomic E-state index is 11.9. The van der Waals surface area contributed by atoms with Gasteiger partial charge in [-0.25, -0.2) is 0 Å². The van der Waals surface area contributed by atoms with Crippen LogP contribution in [0.3, 0.4) is 0 Å². The third-order valence-corrected chi connectivity index (χ3v) is 4.09. The molecule has 1 aromatic carbocycles. The summed E-state index contributed by atoms with van der Waals surface area (Å²) in [6.45, 7) is 0.347. The molecule has 0 radical (unpaired) electrons. The summed E-state index contributed by atoms with van der Waals surface area (Å²) < 4.78 is 5.38. The van der Waals surface area contributed by atoms with Gasteiger partial charge < -0.3 is 9.64 Å². The van der Waals surface area contributed by atoms with Crippen LogP contribution >= 0.6 is 27.5 Å². The fourth-order valence-corrected chi connectivity index (χ4v) is 2.42. The molecule has 1 amide bonds. The summed E-state index contributed by atoms with van der Waals surface area (Å²) in [6.07, 6.45) is 0.187. The highest BCUT2D eigenvalue weighted by molar-refractivity contribution is 9.10. The maximum Gasteiger partial charge on any atom is 0.311 e. The Kier molecular flexibility index (Phi) is 3.92. The number of rotatable bonds is 2. The van der Waals surface area contributed by atoms with E-state index in [9.17, 15) is 9.59 Å². The van der Waals surface area contributed by atoms with Crippen molar-refractivity contribution in [2.75, 3.05) is 18.6 Å². The Morgan fingerprint density at radius 1 is 1.56 bits per heavy atom. The van der Waals surface area contributed by atoms with E-state index < -0.39 is 5.92 Å². The number of esters is 1. The minimum atomic E-state index is -0.392. The number of hydrogen-bond donors (Lipinski definition) is 0. The molecule has 2 rings (SSSR count). The molecular formula is C12H11BrClNO3. The number of nitrogens with zero attached hydrogens (tertiary/aromatic N) is 1. The van der Waals surface area contributed by atoms with Gasteiger partial charge in [0.1, 0.15) is 0 Å². The van der Waals surface area contributed by atoms with Crippen molar-refractivity contribution >= 4 is 45.1 Å². The van der Waals surface area contributed by atoms with E-state index in [0.717, 1.165) is 10.2 Å². The van der Waals surface area contributed by atoms with Crippen LogP contribution in [0.2, 0.25) is 5.02 Å². The van der Waals surface area contributed by atoms with E-state index in [-0.39, 0.29) is 18.3 Å². The van der Waals surface area contributed by atoms with Gasteiger partial charge in [-0.15, -0.1) is 0 Å². The van der Waals surface area contributed by atoms with E-state index in [1.165, 1.54) is 7.11 Å². The predicted molar refractivity (Wildman–Crippen MR) is 71.6 cm³/mol. The van der Waals surface area contributed by atoms with Crippen molar-refractivity contribution in [1.82, 2.24) is 0 Å². The molecule has 1 heterocycles. The normalized spacial score (nSPS) is 19.2. The van der Waals surface area contributed by atoms with E-state index in [4.69, 9.17) is 11.6 Å². The molecular weight excluding hydrogens is 321 g/mol. The SMILES string of the molecule is COC(=O)C1CC(=O)N(c2ccc(Cl)c(Br)c2)C1. The van der Waals surface area contributed by atoms with Crippen molar-refractivity contribution in [3.8, 4) is 0 Å². The Hall–Kier alpha value is -1.07. The van der Waals surface area contributed by atoms with Crippen LogP contribution in [0.5, 0.6) is 0 Å². The van der Waals surface area contributed by atoms with Crippen molar-refractivity contribution in [2.45, 2.75) is 6.42 Å². The standard InChI is InChI=1S/C12H11BrClNO3/c1-18-12(17)7-4-11(16)15(6-7)8-2-3-10(14)9(13)5-8/h2-3,5,7H,4,6H2,1H3. The highest BCUT2D eigenvalue weighted by Crippen LogP contribution is 2.31. The molecule has 0 bridgehead atoms. The van der Waals surface area contributed by atoms with Gasteiger partial charge in [0.15, 0.2) is 0 Å². The summed E-state index contributed by atoms with van der Waals surface area (Å²) in [7, 11) is 1.33. The Bertz CT molecular complexity index is 506. The van der Waals surface area contributed by atoms with Gasteiger partial charge in [0.2, 0.25) is 5.91 Å². The van der Waals surface area contributed by atoms with Crippen LogP contribution in [0.1, 0.15) is 6.42 Å². The van der Waals surface area contributed by atoms with Crippen molar-refractivity contribution in [1.29, 1.82) is 0 Å². The molecule has 4 nitrogen and oxygen atoms in total. The Labute approximate surface area is 118 Å². The molecule has 0 aliphatic carbocycles. The van der Waals surface area contributed by atoms with Crippen LogP contribution in [0.15, 0.2) is 22.7 Å². The number of methoxy groups -OCH3 is 1. The first-order valence-electron chi connectivity index (χ1n) is 5.36. The van der Waals surface area contributed by atoms with Crippen molar-refractivity contribution in [3.63, 3.8) is 0 Å². The minimum absolute atomic E-state index is 0.0837. The number of amides is 1. The molecule has 1 aromatic rings. The molecule has 1 saturated heterocycles. The van der Waals surface area contributed by atoms with E-state index in [2.05, 4.69) is 20.7 Å². The topological polar surface area (TPSA) is 46.6 Å². The molecule has 96 valence electrons. The maximum absolute atomic E-state index is 11.9. The molecule has 0 N–H and O–H groups in total. The van der Waals surface area contributed by atoms with Crippen LogP contribution in [0.4, 0.5) is 5.69 Å². The number of carbonyl (C=O) groups excluding carboxylic acids is 2. The summed E-state index contributed by atoms with van der Waals surface area (Å²) in [5, 5.41) is 0.579. The summed E-state index contributed by atoms with van der Waals surface area (Å²) in [5.41, 5.74) is 0.725. The van der Waals surface area contributed by atoms with Crippen molar-refractivity contribution in [2.24, 2.45) is 5.92 Å². The van der Waals surface area contributed by atoms with Crippen molar-refractivity contribution in [3.05, 3.63) is 27.7 Å². The van der Waals surface area contributed by atoms with E-state index in [1.807, 2.05) is 0 Å². The lowest BCUT2D eigenvalue weighted by Crippen LogP contribution is -2.26. The Balaban J connectivity index is 2.21. The third-order valence-electron chi connectivity index (χ3n) is 2.87. The fraction of sp³-hybridized carbons (Fsp3) is 0.333. The van der Waals surface area contributed by atoms with Gasteiger partial charge in [-0.3, -0.25) is 9.59 Å². The monoisotopic (exact) mass is 331 g/mol. The zero-order valence-corrected chi connectivity index (χ0v) is 12.0. The molecule has 1 unspecified atom stereocenters. The van der Waals surface area contributed by atoms with Crippen LogP contribution in [0, 0.1) is 5.92 Å². The van der Waals surface area contributed by atoms with Gasteiger partial charge in [0.05, 0.1) is 18.1 Å². The molecule has 0 spiro atoms. The Morgan fingerprint density at radius 3 is 2.89 bits per heavy atom. The molecule has 0 aromatic heterocycles. The first-order chi connectivity index (χ1) is 8.52. The summed E-state index contributed by atoms with van der Waals surface area (Å²) >= 11 is 9.21. The van der Waals surface area contributed by atoms with Crippen LogP contribution in [0.25, 0.3) is 0 Å². The summed E-state index contributed by atoms with van der Waals surface area (Å²) in [6, 6.07) is 5.23. The van der Waals surface area contributed by atoms with Gasteiger partial charge in [0.25, 0.3) is 0 Å². The molecule has 6 heteroatoms. The van der Waals surface area contributed by atoms with Gasteiger partial charge in [-0.2, -0.15) is 0 Å². The quantitative estimate of drug-likeness (QED) is 0.782. The smallest absolute Gasteiger partial charge is 0.311 e. The van der Waals surface area contributed by atoms with E-state index in [1.54, 1.807) is 23.1 Å². The number of ether oxygens (including phenoxy) is 1. The summed E-state index contributed by atoms with van der Waals surface area (Å²) in [5.74, 6) is -0.824. The number of hydrogen-bond acceptors (Lipinski definition) is 3. The molecule has 1 fully saturated rings. The number of halogens is 2. The average Bonchev–Trinajstić information content (AvgIpc) is 2.74. The molecule has 18 heavy (non-hydrogen) atoms. The van der Waals surface area contributed by atoms with Crippen LogP contribution < -0.4 is 4.90 Å². The van der Waals surface area contributed by atoms with Crippen molar-refractivity contribution < 1.29 is 14.3 Å². The van der Waals surface area contributed by atoms with E-state index in [0.29, 0.717) is 11.6 Å². The number of anilines is 1. The van der Waals surface area contributed by atoms with Gasteiger partial charge in [-0.05, 0) is 34.1 Å². The lowest BCUT2D eigenvalue weighted by atomic mass is 10.1.